The van der Waals surface area contributed by atoms with Crippen molar-refractivity contribution in [3.63, 3.8) is 0 Å². The SMILES string of the molecule is CN(C)CCCn1cc(-c2ccccc2)s/c1=N/c1ccccc1. The van der Waals surface area contributed by atoms with Gasteiger partial charge in [-0.2, -0.15) is 0 Å². The van der Waals surface area contributed by atoms with Gasteiger partial charge in [0.2, 0.25) is 0 Å². The highest BCUT2D eigenvalue weighted by Crippen LogP contribution is 2.22. The van der Waals surface area contributed by atoms with Crippen LogP contribution in [-0.4, -0.2) is 30.1 Å². The molecule has 4 heteroatoms. The number of nitrogens with zero attached hydrogens (tertiary/aromatic N) is 3. The zero-order valence-corrected chi connectivity index (χ0v) is 15.0. The summed E-state index contributed by atoms with van der Waals surface area (Å²) in [6, 6.07) is 20.7. The highest BCUT2D eigenvalue weighted by Gasteiger charge is 2.05. The van der Waals surface area contributed by atoms with Crippen molar-refractivity contribution in [3.8, 4) is 10.4 Å². The van der Waals surface area contributed by atoms with Gasteiger partial charge in [-0.15, -0.1) is 0 Å². The molecule has 124 valence electrons. The summed E-state index contributed by atoms with van der Waals surface area (Å²) in [5, 5.41) is 0. The summed E-state index contributed by atoms with van der Waals surface area (Å²) in [7, 11) is 4.23. The van der Waals surface area contributed by atoms with E-state index in [1.54, 1.807) is 11.3 Å². The molecule has 3 nitrogen and oxygen atoms in total. The fraction of sp³-hybridized carbons (Fsp3) is 0.250. The fourth-order valence-electron chi connectivity index (χ4n) is 2.53. The van der Waals surface area contributed by atoms with Crippen LogP contribution in [0, 0.1) is 0 Å². The summed E-state index contributed by atoms with van der Waals surface area (Å²) in [5.74, 6) is 0. The number of hydrogen-bond acceptors (Lipinski definition) is 3. The average Bonchev–Trinajstić information content (AvgIpc) is 2.99. The van der Waals surface area contributed by atoms with Crippen LogP contribution in [-0.2, 0) is 6.54 Å². The second kappa shape index (κ2) is 8.08. The van der Waals surface area contributed by atoms with E-state index in [1.165, 1.54) is 10.4 Å². The van der Waals surface area contributed by atoms with Crippen LogP contribution in [0.15, 0.2) is 71.9 Å². The molecule has 0 radical (unpaired) electrons. The summed E-state index contributed by atoms with van der Waals surface area (Å²) >= 11 is 1.75. The molecule has 0 N–H and O–H groups in total. The van der Waals surface area contributed by atoms with Gasteiger partial charge in [-0.3, -0.25) is 0 Å². The molecule has 3 aromatic rings. The predicted octanol–water partition coefficient (Wildman–Crippen LogP) is 4.40. The Bertz CT molecular complexity index is 817. The van der Waals surface area contributed by atoms with E-state index in [-0.39, 0.29) is 0 Å². The normalized spacial score (nSPS) is 12.0. The van der Waals surface area contributed by atoms with Crippen LogP contribution in [0.25, 0.3) is 10.4 Å². The number of aryl methyl sites for hydroxylation is 1. The lowest BCUT2D eigenvalue weighted by Crippen LogP contribution is -2.19. The third kappa shape index (κ3) is 4.43. The second-order valence-corrected chi connectivity index (χ2v) is 7.05. The number of benzene rings is 2. The van der Waals surface area contributed by atoms with Gasteiger partial charge in [-0.05, 0) is 44.8 Å². The molecule has 3 rings (SSSR count). The predicted molar refractivity (Wildman–Crippen MR) is 103 cm³/mol. The van der Waals surface area contributed by atoms with E-state index in [2.05, 4.69) is 60.1 Å². The fourth-order valence-corrected chi connectivity index (χ4v) is 3.58. The van der Waals surface area contributed by atoms with Gasteiger partial charge in [0.25, 0.3) is 0 Å². The molecule has 0 fully saturated rings. The van der Waals surface area contributed by atoms with Crippen molar-refractivity contribution in [2.24, 2.45) is 4.99 Å². The lowest BCUT2D eigenvalue weighted by Gasteiger charge is -2.09. The molecule has 0 aliphatic carbocycles. The van der Waals surface area contributed by atoms with Gasteiger partial charge in [0.15, 0.2) is 4.80 Å². The summed E-state index contributed by atoms with van der Waals surface area (Å²) in [4.78, 5) is 9.39. The third-order valence-electron chi connectivity index (χ3n) is 3.76. The molecular weight excluding hydrogens is 314 g/mol. The largest absolute Gasteiger partial charge is 0.323 e. The van der Waals surface area contributed by atoms with Gasteiger partial charge in [-0.25, -0.2) is 4.99 Å². The van der Waals surface area contributed by atoms with Crippen molar-refractivity contribution in [3.05, 3.63) is 71.7 Å². The smallest absolute Gasteiger partial charge is 0.190 e. The first-order valence-corrected chi connectivity index (χ1v) is 9.04. The van der Waals surface area contributed by atoms with E-state index in [1.807, 2.05) is 30.3 Å². The molecule has 1 heterocycles. The molecule has 2 aromatic carbocycles. The van der Waals surface area contributed by atoms with E-state index < -0.39 is 0 Å². The van der Waals surface area contributed by atoms with Gasteiger partial charge in [0.05, 0.1) is 10.6 Å². The minimum Gasteiger partial charge on any atom is -0.323 e. The second-order valence-electron chi connectivity index (χ2n) is 6.04. The molecule has 0 unspecified atom stereocenters. The van der Waals surface area contributed by atoms with Crippen LogP contribution in [0.3, 0.4) is 0 Å². The van der Waals surface area contributed by atoms with Crippen molar-refractivity contribution in [1.82, 2.24) is 9.47 Å². The topological polar surface area (TPSA) is 20.5 Å². The molecule has 0 amide bonds. The van der Waals surface area contributed by atoms with Crippen molar-refractivity contribution in [2.75, 3.05) is 20.6 Å². The van der Waals surface area contributed by atoms with Crippen molar-refractivity contribution >= 4 is 17.0 Å². The van der Waals surface area contributed by atoms with Gasteiger partial charge in [0.1, 0.15) is 0 Å². The quantitative estimate of drug-likeness (QED) is 0.653. The molecule has 0 saturated heterocycles. The van der Waals surface area contributed by atoms with Crippen LogP contribution < -0.4 is 4.80 Å². The van der Waals surface area contributed by atoms with Gasteiger partial charge >= 0.3 is 0 Å². The Morgan fingerprint density at radius 2 is 1.62 bits per heavy atom. The molecular formula is C20H23N3S. The Labute approximate surface area is 147 Å². The third-order valence-corrected chi connectivity index (χ3v) is 4.83. The number of aromatic nitrogens is 1. The number of thiazole rings is 1. The Balaban J connectivity index is 1.95. The first-order valence-electron chi connectivity index (χ1n) is 8.22. The van der Waals surface area contributed by atoms with E-state index >= 15 is 0 Å². The maximum atomic E-state index is 4.85. The van der Waals surface area contributed by atoms with E-state index in [9.17, 15) is 0 Å². The van der Waals surface area contributed by atoms with Crippen LogP contribution in [0.4, 0.5) is 5.69 Å². The minimum absolute atomic E-state index is 0.979. The highest BCUT2D eigenvalue weighted by molar-refractivity contribution is 7.12. The van der Waals surface area contributed by atoms with Crippen molar-refractivity contribution in [1.29, 1.82) is 0 Å². The Morgan fingerprint density at radius 1 is 0.958 bits per heavy atom. The average molecular weight is 337 g/mol. The van der Waals surface area contributed by atoms with Crippen LogP contribution in [0.5, 0.6) is 0 Å². The molecule has 0 aliphatic heterocycles. The summed E-state index contributed by atoms with van der Waals surface area (Å²) in [6.07, 6.45) is 3.34. The Hall–Kier alpha value is -2.17. The molecule has 0 saturated carbocycles. The monoisotopic (exact) mass is 337 g/mol. The van der Waals surface area contributed by atoms with Crippen LogP contribution in [0.2, 0.25) is 0 Å². The molecule has 0 spiro atoms. The maximum Gasteiger partial charge on any atom is 0.190 e. The van der Waals surface area contributed by atoms with Crippen LogP contribution in [0.1, 0.15) is 6.42 Å². The Morgan fingerprint density at radius 3 is 2.29 bits per heavy atom. The highest BCUT2D eigenvalue weighted by atomic mass is 32.1. The van der Waals surface area contributed by atoms with Gasteiger partial charge < -0.3 is 9.47 Å². The number of para-hydroxylation sites is 1. The van der Waals surface area contributed by atoms with E-state index in [0.29, 0.717) is 0 Å². The van der Waals surface area contributed by atoms with Gasteiger partial charge in [0, 0.05) is 12.7 Å². The first-order chi connectivity index (χ1) is 11.7. The van der Waals surface area contributed by atoms with Crippen molar-refractivity contribution < 1.29 is 0 Å². The number of rotatable bonds is 6. The molecule has 0 aliphatic rings. The molecule has 1 aromatic heterocycles. The first kappa shape index (κ1) is 16.7. The lowest BCUT2D eigenvalue weighted by atomic mass is 10.2. The zero-order chi connectivity index (χ0) is 16.8. The zero-order valence-electron chi connectivity index (χ0n) is 14.2. The maximum absolute atomic E-state index is 4.85. The summed E-state index contributed by atoms with van der Waals surface area (Å²) < 4.78 is 2.28. The lowest BCUT2D eigenvalue weighted by molar-refractivity contribution is 0.385. The molecule has 0 bridgehead atoms. The Kier molecular flexibility index (Phi) is 5.62. The summed E-state index contributed by atoms with van der Waals surface area (Å²) in [5.41, 5.74) is 2.25. The van der Waals surface area contributed by atoms with E-state index in [4.69, 9.17) is 4.99 Å². The van der Waals surface area contributed by atoms with Gasteiger partial charge in [-0.1, -0.05) is 59.9 Å². The minimum atomic E-state index is 0.979. The molecule has 24 heavy (non-hydrogen) atoms. The molecule has 0 atom stereocenters. The van der Waals surface area contributed by atoms with Crippen LogP contribution >= 0.6 is 11.3 Å². The number of hydrogen-bond donors (Lipinski definition) is 0. The van der Waals surface area contributed by atoms with Crippen molar-refractivity contribution in [2.45, 2.75) is 13.0 Å². The van der Waals surface area contributed by atoms with E-state index in [0.717, 1.165) is 30.0 Å². The summed E-state index contributed by atoms with van der Waals surface area (Å²) in [6.45, 7) is 2.06. The standard InChI is InChI=1S/C20H23N3S/c1-22(2)14-9-15-23-16-19(17-10-5-3-6-11-17)24-20(23)21-18-12-7-4-8-13-18/h3-8,10-13,16H,9,14-15H2,1-2H3/b21-20+.